The smallest absolute Gasteiger partial charge is 0.0815 e. The third-order valence-electron chi connectivity index (χ3n) is 5.53. The molecule has 0 saturated carbocycles. The van der Waals surface area contributed by atoms with Gasteiger partial charge in [-0.2, -0.15) is 5.10 Å². The molecule has 4 aromatic rings. The Morgan fingerprint density at radius 2 is 2.00 bits per heavy atom. The van der Waals surface area contributed by atoms with Crippen molar-refractivity contribution in [2.45, 2.75) is 13.0 Å². The van der Waals surface area contributed by atoms with E-state index in [-0.39, 0.29) is 6.04 Å². The minimum atomic E-state index is 0.0212. The number of allylic oxidation sites excluding steroid dienone is 2. The molecule has 5 rings (SSSR count). The Labute approximate surface area is 172 Å². The van der Waals surface area contributed by atoms with E-state index in [2.05, 4.69) is 82.1 Å². The lowest BCUT2D eigenvalue weighted by Crippen LogP contribution is -2.19. The minimum Gasteiger partial charge on any atom is -0.307 e. The van der Waals surface area contributed by atoms with Crippen LogP contribution in [0.25, 0.3) is 37.7 Å². The molecule has 2 aromatic carbocycles. The summed E-state index contributed by atoms with van der Waals surface area (Å²) in [4.78, 5) is 4.65. The molecule has 2 atom stereocenters. The first-order valence-electron chi connectivity index (χ1n) is 9.61. The van der Waals surface area contributed by atoms with Crippen molar-refractivity contribution in [3.05, 3.63) is 71.8 Å². The first kappa shape index (κ1) is 17.8. The van der Waals surface area contributed by atoms with Gasteiger partial charge in [-0.05, 0) is 34.2 Å². The maximum atomic E-state index is 7.32. The molecule has 4 nitrogen and oxygen atoms in total. The van der Waals surface area contributed by atoms with Crippen molar-refractivity contribution in [3.8, 4) is 11.1 Å². The molecule has 2 unspecified atom stereocenters. The quantitative estimate of drug-likeness (QED) is 0.401. The van der Waals surface area contributed by atoms with Crippen molar-refractivity contribution in [2.75, 3.05) is 0 Å². The Kier molecular flexibility index (Phi) is 4.45. The third-order valence-corrected chi connectivity index (χ3v) is 6.48. The molecule has 5 heteroatoms. The summed E-state index contributed by atoms with van der Waals surface area (Å²) >= 11 is 1.77. The number of aromatic nitrogens is 2. The number of nitrogens with one attached hydrogen (secondary N) is 2. The summed E-state index contributed by atoms with van der Waals surface area (Å²) in [5.41, 5.74) is 5.89. The van der Waals surface area contributed by atoms with Gasteiger partial charge in [-0.15, -0.1) is 11.3 Å². The van der Waals surface area contributed by atoms with Crippen molar-refractivity contribution in [1.29, 1.82) is 5.41 Å². The Hall–Kier alpha value is -3.31. The molecular formula is C24H20N4S. The predicted molar refractivity (Wildman–Crippen MR) is 124 cm³/mol. The summed E-state index contributed by atoms with van der Waals surface area (Å²) in [5.74, 6) is 0.291. The normalized spacial score (nSPS) is 19.3. The maximum Gasteiger partial charge on any atom is 0.0815 e. The second-order valence-corrected chi connectivity index (χ2v) is 8.15. The van der Waals surface area contributed by atoms with Gasteiger partial charge in [0, 0.05) is 39.4 Å². The summed E-state index contributed by atoms with van der Waals surface area (Å²) in [6, 6.07) is 12.9. The zero-order valence-corrected chi connectivity index (χ0v) is 16.8. The van der Waals surface area contributed by atoms with Gasteiger partial charge < -0.3 is 5.41 Å². The van der Waals surface area contributed by atoms with Crippen LogP contribution in [0.15, 0.2) is 71.2 Å². The summed E-state index contributed by atoms with van der Waals surface area (Å²) in [6.07, 6.45) is 11.2. The first-order chi connectivity index (χ1) is 14.3. The van der Waals surface area contributed by atoms with E-state index < -0.39 is 0 Å². The van der Waals surface area contributed by atoms with Crippen molar-refractivity contribution in [1.82, 2.24) is 10.2 Å². The van der Waals surface area contributed by atoms with Gasteiger partial charge in [-0.3, -0.25) is 10.1 Å². The number of rotatable bonds is 4. The monoisotopic (exact) mass is 396 g/mol. The number of hydrogen-bond donors (Lipinski definition) is 2. The number of fused-ring (bicyclic) bond motifs is 2. The molecule has 2 N–H and O–H groups in total. The van der Waals surface area contributed by atoms with Gasteiger partial charge in [-0.1, -0.05) is 49.4 Å². The van der Waals surface area contributed by atoms with E-state index in [0.29, 0.717) is 5.92 Å². The fourth-order valence-corrected chi connectivity index (χ4v) is 5.10. The molecule has 2 heterocycles. The molecule has 2 aromatic heterocycles. The zero-order valence-electron chi connectivity index (χ0n) is 16.0. The lowest BCUT2D eigenvalue weighted by molar-refractivity contribution is 0.644. The molecule has 0 fully saturated rings. The average Bonchev–Trinajstić information content (AvgIpc) is 3.41. The molecule has 0 saturated heterocycles. The van der Waals surface area contributed by atoms with Crippen molar-refractivity contribution >= 4 is 50.3 Å². The van der Waals surface area contributed by atoms with E-state index in [9.17, 15) is 0 Å². The Morgan fingerprint density at radius 1 is 1.10 bits per heavy atom. The zero-order chi connectivity index (χ0) is 19.8. The summed E-state index contributed by atoms with van der Waals surface area (Å²) in [7, 11) is 0. The largest absolute Gasteiger partial charge is 0.307 e. The van der Waals surface area contributed by atoms with Gasteiger partial charge in [0.05, 0.1) is 17.8 Å². The SMILES string of the molecule is CC1C=CC=C(c2ccc(-c3cccc4[nH]ncc34)c3sccc23)C1N=CC=N. The van der Waals surface area contributed by atoms with E-state index in [1.165, 1.54) is 38.6 Å². The van der Waals surface area contributed by atoms with E-state index >= 15 is 0 Å². The lowest BCUT2D eigenvalue weighted by Gasteiger charge is -2.25. The highest BCUT2D eigenvalue weighted by atomic mass is 32.1. The molecule has 0 bridgehead atoms. The highest BCUT2D eigenvalue weighted by Gasteiger charge is 2.24. The van der Waals surface area contributed by atoms with Crippen LogP contribution in [0.5, 0.6) is 0 Å². The minimum absolute atomic E-state index is 0.0212. The summed E-state index contributed by atoms with van der Waals surface area (Å²) in [5, 5.41) is 19.2. The van der Waals surface area contributed by atoms with Gasteiger partial charge in [0.2, 0.25) is 0 Å². The van der Waals surface area contributed by atoms with Crippen molar-refractivity contribution in [2.24, 2.45) is 10.9 Å². The van der Waals surface area contributed by atoms with Crippen LogP contribution >= 0.6 is 11.3 Å². The number of benzene rings is 2. The van der Waals surface area contributed by atoms with Gasteiger partial charge >= 0.3 is 0 Å². The molecule has 0 radical (unpaired) electrons. The van der Waals surface area contributed by atoms with Crippen LogP contribution in [-0.4, -0.2) is 28.7 Å². The lowest BCUT2D eigenvalue weighted by atomic mass is 9.84. The highest BCUT2D eigenvalue weighted by molar-refractivity contribution is 7.17. The summed E-state index contributed by atoms with van der Waals surface area (Å²) in [6.45, 7) is 2.17. The third kappa shape index (κ3) is 2.95. The van der Waals surface area contributed by atoms with E-state index in [4.69, 9.17) is 5.41 Å². The van der Waals surface area contributed by atoms with Crippen LogP contribution in [0.3, 0.4) is 0 Å². The van der Waals surface area contributed by atoms with Crippen LogP contribution < -0.4 is 0 Å². The number of aromatic amines is 1. The van der Waals surface area contributed by atoms with Crippen LogP contribution in [0.2, 0.25) is 0 Å². The topological polar surface area (TPSA) is 64.9 Å². The van der Waals surface area contributed by atoms with Crippen LogP contribution in [0.4, 0.5) is 0 Å². The van der Waals surface area contributed by atoms with Crippen molar-refractivity contribution in [3.63, 3.8) is 0 Å². The van der Waals surface area contributed by atoms with Crippen molar-refractivity contribution < 1.29 is 0 Å². The Bertz CT molecular complexity index is 1300. The second kappa shape index (κ2) is 7.26. The number of hydrogen-bond acceptors (Lipinski definition) is 4. The summed E-state index contributed by atoms with van der Waals surface area (Å²) < 4.78 is 1.27. The van der Waals surface area contributed by atoms with E-state index in [1.807, 2.05) is 6.20 Å². The second-order valence-electron chi connectivity index (χ2n) is 7.24. The Morgan fingerprint density at radius 3 is 2.90 bits per heavy atom. The predicted octanol–water partition coefficient (Wildman–Crippen LogP) is 6.12. The van der Waals surface area contributed by atoms with Crippen LogP contribution in [-0.2, 0) is 0 Å². The van der Waals surface area contributed by atoms with E-state index in [1.54, 1.807) is 17.6 Å². The molecule has 142 valence electrons. The van der Waals surface area contributed by atoms with Crippen LogP contribution in [0.1, 0.15) is 12.5 Å². The van der Waals surface area contributed by atoms with Gasteiger partial charge in [-0.25, -0.2) is 0 Å². The van der Waals surface area contributed by atoms with E-state index in [0.717, 1.165) is 10.9 Å². The number of H-pyrrole nitrogens is 1. The standard InChI is InChI=1S/C24H20N4S/c1-15-4-2-6-18(23(15)26-12-11-25)17-8-9-19(24-20(17)10-13-29-24)16-5-3-7-22-21(16)14-27-28-22/h2-15,23,25H,1H3,(H,27,28). The maximum absolute atomic E-state index is 7.32. The number of thiophene rings is 1. The molecule has 1 aliphatic carbocycles. The molecule has 1 aliphatic rings. The highest BCUT2D eigenvalue weighted by Crippen LogP contribution is 2.41. The molecule has 29 heavy (non-hydrogen) atoms. The van der Waals surface area contributed by atoms with Gasteiger partial charge in [0.25, 0.3) is 0 Å². The molecular weight excluding hydrogens is 376 g/mol. The first-order valence-corrected chi connectivity index (χ1v) is 10.5. The van der Waals surface area contributed by atoms with Gasteiger partial charge in [0.1, 0.15) is 0 Å². The molecule has 0 amide bonds. The fourth-order valence-electron chi connectivity index (χ4n) is 4.15. The average molecular weight is 397 g/mol. The van der Waals surface area contributed by atoms with Crippen LogP contribution in [0, 0.1) is 11.3 Å². The number of aliphatic imine (C=N–C) groups is 1. The Balaban J connectivity index is 1.70. The fraction of sp³-hybridized carbons (Fsp3) is 0.125. The van der Waals surface area contributed by atoms with Gasteiger partial charge in [0.15, 0.2) is 0 Å². The number of nitrogens with zero attached hydrogens (tertiary/aromatic N) is 2. The molecule has 0 aliphatic heterocycles. The molecule has 0 spiro atoms.